The minimum atomic E-state index is -4.68. The SMILES string of the molecule is CCOCCN(CCCCc1ccc2c(n1)NCCC2)CCC(NC(=O)CC(F)(F)F)C(=O)O. The number of pyridine rings is 1. The first kappa shape index (κ1) is 27.8. The Morgan fingerprint density at radius 3 is 2.76 bits per heavy atom. The summed E-state index contributed by atoms with van der Waals surface area (Å²) in [5, 5.41) is 14.6. The van der Waals surface area contributed by atoms with Gasteiger partial charge in [0.2, 0.25) is 5.91 Å². The standard InChI is InChI=1S/C23H35F3N4O4/c1-2-34-15-14-30(13-10-19(22(32)33)29-20(31)16-23(24,25)26)12-4-3-7-18-9-8-17-6-5-11-27-21(17)28-18/h8-9,19H,2-7,10-16H2,1H3,(H,27,28)(H,29,31)(H,32,33). The van der Waals surface area contributed by atoms with E-state index in [4.69, 9.17) is 9.72 Å². The number of anilines is 1. The van der Waals surface area contributed by atoms with Gasteiger partial charge in [0.15, 0.2) is 0 Å². The van der Waals surface area contributed by atoms with Crippen LogP contribution in [0.2, 0.25) is 0 Å². The fourth-order valence-corrected chi connectivity index (χ4v) is 3.82. The summed E-state index contributed by atoms with van der Waals surface area (Å²) in [5.41, 5.74) is 2.26. The molecule has 1 atom stereocenters. The fraction of sp³-hybridized carbons (Fsp3) is 0.696. The lowest BCUT2D eigenvalue weighted by molar-refractivity contribution is -0.157. The predicted octanol–water partition coefficient (Wildman–Crippen LogP) is 3.01. The first-order valence-corrected chi connectivity index (χ1v) is 11.8. The van der Waals surface area contributed by atoms with E-state index in [-0.39, 0.29) is 6.42 Å². The zero-order valence-electron chi connectivity index (χ0n) is 19.6. The summed E-state index contributed by atoms with van der Waals surface area (Å²) in [4.78, 5) is 29.7. The summed E-state index contributed by atoms with van der Waals surface area (Å²) in [5.74, 6) is -1.73. The number of hydrogen-bond donors (Lipinski definition) is 3. The average Bonchev–Trinajstić information content (AvgIpc) is 2.77. The van der Waals surface area contributed by atoms with Gasteiger partial charge in [-0.1, -0.05) is 6.07 Å². The molecule has 2 rings (SSSR count). The maximum atomic E-state index is 12.4. The lowest BCUT2D eigenvalue weighted by Gasteiger charge is -2.24. The highest BCUT2D eigenvalue weighted by atomic mass is 19.4. The number of carbonyl (C=O) groups is 2. The van der Waals surface area contributed by atoms with Crippen molar-refractivity contribution in [3.05, 3.63) is 23.4 Å². The number of aryl methyl sites for hydroxylation is 2. The van der Waals surface area contributed by atoms with E-state index in [0.29, 0.717) is 32.8 Å². The molecule has 0 fully saturated rings. The molecule has 1 amide bonds. The van der Waals surface area contributed by atoms with Crippen molar-refractivity contribution >= 4 is 17.7 Å². The number of fused-ring (bicyclic) bond motifs is 1. The average molecular weight is 489 g/mol. The van der Waals surface area contributed by atoms with Gasteiger partial charge in [-0.05, 0) is 63.6 Å². The molecule has 1 aromatic heterocycles. The van der Waals surface area contributed by atoms with Crippen LogP contribution in [-0.2, 0) is 27.2 Å². The van der Waals surface area contributed by atoms with E-state index in [0.717, 1.165) is 50.2 Å². The third-order valence-electron chi connectivity index (χ3n) is 5.59. The molecule has 34 heavy (non-hydrogen) atoms. The van der Waals surface area contributed by atoms with Crippen molar-refractivity contribution in [2.75, 3.05) is 44.7 Å². The van der Waals surface area contributed by atoms with E-state index in [1.807, 2.05) is 17.1 Å². The summed E-state index contributed by atoms with van der Waals surface area (Å²) in [6.07, 6.45) is -1.67. The Hall–Kier alpha value is -2.40. The van der Waals surface area contributed by atoms with Gasteiger partial charge in [0, 0.05) is 31.9 Å². The van der Waals surface area contributed by atoms with E-state index in [1.165, 1.54) is 5.56 Å². The highest BCUT2D eigenvalue weighted by molar-refractivity contribution is 5.83. The monoisotopic (exact) mass is 488 g/mol. The van der Waals surface area contributed by atoms with Gasteiger partial charge < -0.3 is 25.4 Å². The number of aromatic nitrogens is 1. The molecule has 0 saturated carbocycles. The molecule has 8 nitrogen and oxygen atoms in total. The van der Waals surface area contributed by atoms with Crippen molar-refractivity contribution in [1.82, 2.24) is 15.2 Å². The predicted molar refractivity (Wildman–Crippen MR) is 122 cm³/mol. The Morgan fingerprint density at radius 1 is 1.26 bits per heavy atom. The molecular formula is C23H35F3N4O4. The minimum absolute atomic E-state index is 0.00308. The number of nitrogens with one attached hydrogen (secondary N) is 2. The van der Waals surface area contributed by atoms with E-state index in [2.05, 4.69) is 17.4 Å². The van der Waals surface area contributed by atoms with Crippen LogP contribution in [-0.4, -0.2) is 78.5 Å². The van der Waals surface area contributed by atoms with Crippen molar-refractivity contribution in [3.8, 4) is 0 Å². The van der Waals surface area contributed by atoms with E-state index in [1.54, 1.807) is 0 Å². The van der Waals surface area contributed by atoms with Crippen LogP contribution >= 0.6 is 0 Å². The van der Waals surface area contributed by atoms with Gasteiger partial charge in [0.1, 0.15) is 18.3 Å². The highest BCUT2D eigenvalue weighted by Crippen LogP contribution is 2.21. The topological polar surface area (TPSA) is 104 Å². The summed E-state index contributed by atoms with van der Waals surface area (Å²) in [6.45, 7) is 5.39. The number of carboxylic acids is 1. The number of nitrogens with zero attached hydrogens (tertiary/aromatic N) is 2. The molecule has 192 valence electrons. The zero-order chi connectivity index (χ0) is 25.0. The molecule has 2 heterocycles. The first-order chi connectivity index (χ1) is 16.2. The number of rotatable bonds is 15. The van der Waals surface area contributed by atoms with Gasteiger partial charge in [-0.15, -0.1) is 0 Å². The van der Waals surface area contributed by atoms with E-state index < -0.39 is 30.5 Å². The fourth-order valence-electron chi connectivity index (χ4n) is 3.82. The second-order valence-electron chi connectivity index (χ2n) is 8.38. The minimum Gasteiger partial charge on any atom is -0.480 e. The lowest BCUT2D eigenvalue weighted by atomic mass is 10.1. The van der Waals surface area contributed by atoms with Gasteiger partial charge in [0.05, 0.1) is 6.61 Å². The van der Waals surface area contributed by atoms with Crippen molar-refractivity contribution in [1.29, 1.82) is 0 Å². The quantitative estimate of drug-likeness (QED) is 0.326. The Balaban J connectivity index is 1.82. The van der Waals surface area contributed by atoms with Gasteiger partial charge in [-0.25, -0.2) is 9.78 Å². The number of alkyl halides is 3. The number of aliphatic carboxylic acids is 1. The molecule has 0 aromatic carbocycles. The van der Waals surface area contributed by atoms with Crippen molar-refractivity contribution in [3.63, 3.8) is 0 Å². The van der Waals surface area contributed by atoms with Gasteiger partial charge >= 0.3 is 12.1 Å². The smallest absolute Gasteiger partial charge is 0.397 e. The second-order valence-corrected chi connectivity index (χ2v) is 8.38. The lowest BCUT2D eigenvalue weighted by Crippen LogP contribution is -2.44. The summed E-state index contributed by atoms with van der Waals surface area (Å²) in [6, 6.07) is 2.80. The largest absolute Gasteiger partial charge is 0.480 e. The van der Waals surface area contributed by atoms with Crippen molar-refractivity contribution in [2.45, 2.75) is 64.1 Å². The maximum Gasteiger partial charge on any atom is 0.397 e. The number of unbranched alkanes of at least 4 members (excludes halogenated alkanes) is 1. The molecule has 0 aliphatic carbocycles. The number of amides is 1. The molecule has 0 bridgehead atoms. The molecule has 0 radical (unpaired) electrons. The first-order valence-electron chi connectivity index (χ1n) is 11.8. The normalized spacial score (nSPS) is 14.4. The summed E-state index contributed by atoms with van der Waals surface area (Å²) >= 11 is 0. The number of halogens is 3. The van der Waals surface area contributed by atoms with E-state index in [9.17, 15) is 27.9 Å². The van der Waals surface area contributed by atoms with Gasteiger partial charge in [0.25, 0.3) is 0 Å². The molecule has 0 spiro atoms. The zero-order valence-corrected chi connectivity index (χ0v) is 19.6. The van der Waals surface area contributed by atoms with Crippen LogP contribution in [0.5, 0.6) is 0 Å². The highest BCUT2D eigenvalue weighted by Gasteiger charge is 2.33. The van der Waals surface area contributed by atoms with Crippen LogP contribution < -0.4 is 10.6 Å². The third-order valence-corrected chi connectivity index (χ3v) is 5.59. The molecule has 1 aromatic rings. The molecule has 3 N–H and O–H groups in total. The molecule has 1 aliphatic rings. The van der Waals surface area contributed by atoms with Crippen molar-refractivity contribution in [2.24, 2.45) is 0 Å². The van der Waals surface area contributed by atoms with Crippen LogP contribution in [0, 0.1) is 0 Å². The van der Waals surface area contributed by atoms with Crippen LogP contribution in [0.25, 0.3) is 0 Å². The number of carboxylic acid groups (broad SMARTS) is 1. The Morgan fingerprint density at radius 2 is 2.06 bits per heavy atom. The van der Waals surface area contributed by atoms with Crippen molar-refractivity contribution < 1.29 is 32.6 Å². The number of ether oxygens (including phenoxy) is 1. The molecule has 1 unspecified atom stereocenters. The van der Waals surface area contributed by atoms with Gasteiger partial charge in [-0.3, -0.25) is 4.79 Å². The third kappa shape index (κ3) is 10.7. The van der Waals surface area contributed by atoms with Crippen LogP contribution in [0.4, 0.5) is 19.0 Å². The molecule has 11 heteroatoms. The second kappa shape index (κ2) is 14.1. The van der Waals surface area contributed by atoms with Crippen LogP contribution in [0.3, 0.4) is 0 Å². The molecular weight excluding hydrogens is 453 g/mol. The summed E-state index contributed by atoms with van der Waals surface area (Å²) in [7, 11) is 0. The molecule has 0 saturated heterocycles. The molecule has 1 aliphatic heterocycles. The van der Waals surface area contributed by atoms with Gasteiger partial charge in [-0.2, -0.15) is 13.2 Å². The number of carbonyl (C=O) groups excluding carboxylic acids is 1. The Labute approximate surface area is 198 Å². The van der Waals surface area contributed by atoms with E-state index >= 15 is 0 Å². The Bertz CT molecular complexity index is 792. The Kier molecular flexibility index (Phi) is 11.5. The maximum absolute atomic E-state index is 12.4. The summed E-state index contributed by atoms with van der Waals surface area (Å²) < 4.78 is 42.6. The van der Waals surface area contributed by atoms with Crippen LogP contribution in [0.15, 0.2) is 12.1 Å². The van der Waals surface area contributed by atoms with Crippen LogP contribution in [0.1, 0.15) is 50.3 Å². The number of hydrogen-bond acceptors (Lipinski definition) is 6.